The van der Waals surface area contributed by atoms with Gasteiger partial charge in [0.15, 0.2) is 12.2 Å². The number of esters is 4. The molecule has 76 heavy (non-hydrogen) atoms. The van der Waals surface area contributed by atoms with Crippen LogP contribution in [0.5, 0.6) is 11.5 Å². The Hall–Kier alpha value is -9.18. The number of unbranched alkanes of at least 4 members (excludes halogenated alkanes) is 1. The molecule has 6 aromatic rings. The largest absolute Gasteiger partial charge is 0.490 e. The van der Waals surface area contributed by atoms with Crippen LogP contribution in [0.25, 0.3) is 0 Å². The molecular formula is C60H60N2O14. The lowest BCUT2D eigenvalue weighted by Gasteiger charge is -2.18. The first-order chi connectivity index (χ1) is 37.0. The van der Waals surface area contributed by atoms with Gasteiger partial charge < -0.3 is 37.9 Å². The molecule has 2 unspecified atom stereocenters. The minimum atomic E-state index is -0.876. The standard InChI is InChI=1S/C60H60N2O14/c1-3-55(63)73-41-53(39-71-51-13-7-5-8-14-51)75-58(66)38-48-23-19-44(20-24-48)35-43-17-21-47(22-18-43)37-57(65)69-33-11-12-34-70-59(67)61-49-29-25-45(26-30-49)36-46-27-31-50(32-28-46)62-60(68)76-54(42-74-56(64)4-2)40-72-52-15-9-6-10-16-52/h3-10,13-32,53-54H,1-2,11-12,33-42H2,(H,61,67)(H,62,68). The summed E-state index contributed by atoms with van der Waals surface area (Å²) in [5.41, 5.74) is 6.69. The predicted octanol–water partition coefficient (Wildman–Crippen LogP) is 9.97. The molecule has 0 aromatic heterocycles. The van der Waals surface area contributed by atoms with Gasteiger partial charge >= 0.3 is 36.1 Å². The van der Waals surface area contributed by atoms with Crippen LogP contribution in [0.2, 0.25) is 0 Å². The second-order valence-electron chi connectivity index (χ2n) is 17.1. The van der Waals surface area contributed by atoms with Gasteiger partial charge in [-0.05, 0) is 108 Å². The molecular weight excluding hydrogens is 973 g/mol. The number of hydrogen-bond acceptors (Lipinski definition) is 14. The van der Waals surface area contributed by atoms with Crippen molar-refractivity contribution in [2.75, 3.05) is 50.3 Å². The highest BCUT2D eigenvalue weighted by molar-refractivity contribution is 5.85. The molecule has 0 radical (unpaired) electrons. The van der Waals surface area contributed by atoms with Crippen molar-refractivity contribution in [3.8, 4) is 11.5 Å². The average Bonchev–Trinajstić information content (AvgIpc) is 3.43. The third kappa shape index (κ3) is 21.1. The number of para-hydroxylation sites is 2. The quantitative estimate of drug-likeness (QED) is 0.0195. The Morgan fingerprint density at radius 1 is 0.408 bits per heavy atom. The van der Waals surface area contributed by atoms with Crippen molar-refractivity contribution >= 4 is 47.4 Å². The number of anilines is 2. The number of rotatable bonds is 29. The molecule has 0 saturated carbocycles. The zero-order valence-corrected chi connectivity index (χ0v) is 41.9. The zero-order valence-electron chi connectivity index (χ0n) is 41.9. The van der Waals surface area contributed by atoms with Gasteiger partial charge in [-0.3, -0.25) is 20.2 Å². The normalized spacial score (nSPS) is 11.3. The van der Waals surface area contributed by atoms with Crippen LogP contribution in [0, 0.1) is 0 Å². The predicted molar refractivity (Wildman–Crippen MR) is 284 cm³/mol. The first-order valence-corrected chi connectivity index (χ1v) is 24.5. The van der Waals surface area contributed by atoms with Crippen LogP contribution in [0.4, 0.5) is 21.0 Å². The van der Waals surface area contributed by atoms with Gasteiger partial charge in [-0.1, -0.05) is 122 Å². The second kappa shape index (κ2) is 30.8. The molecule has 6 aromatic carbocycles. The fraction of sp³-hybridized carbons (Fsp3) is 0.233. The molecule has 2 amide bonds. The molecule has 0 bridgehead atoms. The van der Waals surface area contributed by atoms with E-state index in [0.29, 0.717) is 48.6 Å². The SMILES string of the molecule is C=CC(=O)OCC(COc1ccccc1)OC(=O)Cc1ccc(Cc2ccc(CC(=O)OCCCCOC(=O)Nc3ccc(Cc4ccc(NC(=O)OC(COC(=O)C=C)COc5ccccc5)cc4)cc3)cc2)cc1. The van der Waals surface area contributed by atoms with E-state index >= 15 is 0 Å². The molecule has 0 fully saturated rings. The highest BCUT2D eigenvalue weighted by atomic mass is 16.6. The average molecular weight is 1030 g/mol. The first kappa shape index (κ1) is 56.1. The molecule has 0 saturated heterocycles. The number of carbonyl (C=O) groups excluding carboxylic acids is 6. The maximum Gasteiger partial charge on any atom is 0.412 e. The van der Waals surface area contributed by atoms with E-state index < -0.39 is 42.3 Å². The molecule has 16 heteroatoms. The highest BCUT2D eigenvalue weighted by Gasteiger charge is 2.20. The van der Waals surface area contributed by atoms with Crippen LogP contribution in [-0.4, -0.2) is 87.9 Å². The fourth-order valence-electron chi connectivity index (χ4n) is 7.16. The fourth-order valence-corrected chi connectivity index (χ4v) is 7.16. The highest BCUT2D eigenvalue weighted by Crippen LogP contribution is 2.19. The first-order valence-electron chi connectivity index (χ1n) is 24.5. The van der Waals surface area contributed by atoms with Crippen molar-refractivity contribution in [2.24, 2.45) is 0 Å². The number of amides is 2. The van der Waals surface area contributed by atoms with Crippen molar-refractivity contribution < 1.29 is 66.7 Å². The molecule has 394 valence electrons. The van der Waals surface area contributed by atoms with Crippen molar-refractivity contribution in [2.45, 2.75) is 50.7 Å². The maximum atomic E-state index is 12.8. The summed E-state index contributed by atoms with van der Waals surface area (Å²) in [5, 5.41) is 5.40. The molecule has 0 aliphatic heterocycles. The van der Waals surface area contributed by atoms with Crippen LogP contribution < -0.4 is 20.1 Å². The lowest BCUT2D eigenvalue weighted by molar-refractivity contribution is -0.158. The van der Waals surface area contributed by atoms with Crippen molar-refractivity contribution in [3.63, 3.8) is 0 Å². The molecule has 0 spiro atoms. The summed E-state index contributed by atoms with van der Waals surface area (Å²) in [7, 11) is 0. The summed E-state index contributed by atoms with van der Waals surface area (Å²) >= 11 is 0. The smallest absolute Gasteiger partial charge is 0.412 e. The summed E-state index contributed by atoms with van der Waals surface area (Å²) in [6, 6.07) is 47.9. The Kier molecular flexibility index (Phi) is 22.7. The van der Waals surface area contributed by atoms with Gasteiger partial charge in [0.1, 0.15) is 37.9 Å². The van der Waals surface area contributed by atoms with Crippen LogP contribution >= 0.6 is 0 Å². The van der Waals surface area contributed by atoms with E-state index in [0.717, 1.165) is 45.5 Å². The number of hydrogen-bond donors (Lipinski definition) is 2. The Balaban J connectivity index is 0.817. The van der Waals surface area contributed by atoms with Crippen molar-refractivity contribution in [1.29, 1.82) is 0 Å². The van der Waals surface area contributed by atoms with Crippen LogP contribution in [-0.2, 0) is 73.3 Å². The number of nitrogens with one attached hydrogen (secondary N) is 2. The van der Waals surface area contributed by atoms with E-state index in [2.05, 4.69) is 23.8 Å². The van der Waals surface area contributed by atoms with E-state index in [1.807, 2.05) is 109 Å². The zero-order chi connectivity index (χ0) is 53.7. The minimum absolute atomic E-state index is 0.00399. The molecule has 2 N–H and O–H groups in total. The molecule has 2 atom stereocenters. The topological polar surface area (TPSA) is 200 Å². The summed E-state index contributed by atoms with van der Waals surface area (Å²) in [6.45, 7) is 6.69. The second-order valence-corrected chi connectivity index (χ2v) is 17.1. The third-order valence-electron chi connectivity index (χ3n) is 11.1. The van der Waals surface area contributed by atoms with E-state index in [4.69, 9.17) is 37.9 Å². The number of carbonyl (C=O) groups is 6. The third-order valence-corrected chi connectivity index (χ3v) is 11.1. The van der Waals surface area contributed by atoms with E-state index in [-0.39, 0.29) is 58.5 Å². The van der Waals surface area contributed by atoms with Crippen LogP contribution in [0.3, 0.4) is 0 Å². The monoisotopic (exact) mass is 1030 g/mol. The van der Waals surface area contributed by atoms with Crippen molar-refractivity contribution in [3.05, 3.63) is 216 Å². The Morgan fingerprint density at radius 2 is 0.789 bits per heavy atom. The Bertz CT molecular complexity index is 2610. The van der Waals surface area contributed by atoms with Crippen molar-refractivity contribution in [1.82, 2.24) is 0 Å². The van der Waals surface area contributed by atoms with Crippen LogP contribution in [0.15, 0.2) is 183 Å². The van der Waals surface area contributed by atoms with Gasteiger partial charge in [0.2, 0.25) is 0 Å². The molecule has 16 nitrogen and oxygen atoms in total. The van der Waals surface area contributed by atoms with Gasteiger partial charge in [0.25, 0.3) is 0 Å². The van der Waals surface area contributed by atoms with E-state index in [1.54, 1.807) is 48.5 Å². The Morgan fingerprint density at radius 3 is 1.24 bits per heavy atom. The summed E-state index contributed by atoms with van der Waals surface area (Å²) in [5.74, 6) is -0.954. The Labute approximate surface area is 441 Å². The minimum Gasteiger partial charge on any atom is -0.490 e. The maximum absolute atomic E-state index is 12.8. The van der Waals surface area contributed by atoms with Gasteiger partial charge in [0, 0.05) is 23.5 Å². The van der Waals surface area contributed by atoms with Gasteiger partial charge in [-0.2, -0.15) is 0 Å². The lowest BCUT2D eigenvalue weighted by Crippen LogP contribution is -2.32. The van der Waals surface area contributed by atoms with Crippen LogP contribution in [0.1, 0.15) is 46.2 Å². The molecule has 0 heterocycles. The number of ether oxygens (including phenoxy) is 8. The lowest BCUT2D eigenvalue weighted by atomic mass is 10.0. The van der Waals surface area contributed by atoms with E-state index in [1.165, 1.54) is 0 Å². The molecule has 0 aliphatic carbocycles. The van der Waals surface area contributed by atoms with Gasteiger partial charge in [-0.25, -0.2) is 19.2 Å². The summed E-state index contributed by atoms with van der Waals surface area (Å²) < 4.78 is 43.4. The molecule has 0 aliphatic rings. The summed E-state index contributed by atoms with van der Waals surface area (Å²) in [6.07, 6.45) is 1.44. The van der Waals surface area contributed by atoms with Gasteiger partial charge in [0.05, 0.1) is 26.1 Å². The van der Waals surface area contributed by atoms with Gasteiger partial charge in [-0.15, -0.1) is 0 Å². The number of benzene rings is 6. The summed E-state index contributed by atoms with van der Waals surface area (Å²) in [4.78, 5) is 73.7. The van der Waals surface area contributed by atoms with E-state index in [9.17, 15) is 28.8 Å². The molecule has 6 rings (SSSR count).